The van der Waals surface area contributed by atoms with Crippen molar-refractivity contribution in [3.8, 4) is 6.07 Å². The van der Waals surface area contributed by atoms with Crippen LogP contribution in [0.5, 0.6) is 0 Å². The van der Waals surface area contributed by atoms with Gasteiger partial charge in [-0.2, -0.15) is 10.2 Å². The smallest absolute Gasteiger partial charge is 0.229 e. The second-order valence-corrected chi connectivity index (χ2v) is 7.08. The van der Waals surface area contributed by atoms with Crippen molar-refractivity contribution >= 4 is 23.1 Å². The van der Waals surface area contributed by atoms with Crippen LogP contribution in [-0.2, 0) is 12.8 Å². The fraction of sp³-hybridized carbons (Fsp3) is 0.421. The Bertz CT molecular complexity index is 871. The van der Waals surface area contributed by atoms with E-state index in [2.05, 4.69) is 16.3 Å². The Labute approximate surface area is 153 Å². The van der Waals surface area contributed by atoms with Gasteiger partial charge in [-0.15, -0.1) is 0 Å². The van der Waals surface area contributed by atoms with Gasteiger partial charge < -0.3 is 21.7 Å². The van der Waals surface area contributed by atoms with Crippen molar-refractivity contribution in [2.45, 2.75) is 38.1 Å². The lowest BCUT2D eigenvalue weighted by molar-refractivity contribution is 0.659. The molecule has 7 nitrogen and oxygen atoms in total. The normalized spacial score (nSPS) is 19.1. The predicted octanol–water partition coefficient (Wildman–Crippen LogP) is 2.09. The molecule has 0 radical (unpaired) electrons. The van der Waals surface area contributed by atoms with Gasteiger partial charge in [-0.1, -0.05) is 0 Å². The van der Waals surface area contributed by atoms with E-state index < -0.39 is 0 Å². The van der Waals surface area contributed by atoms with Gasteiger partial charge in [0.25, 0.3) is 0 Å². The SMILES string of the molecule is N#Cc1cc(N)cc(Nc2nc3c(c(N4CCC(N)C4)n2)CCCC3)c1. The van der Waals surface area contributed by atoms with Crippen molar-refractivity contribution < 1.29 is 0 Å². The van der Waals surface area contributed by atoms with Gasteiger partial charge in [0.2, 0.25) is 5.95 Å². The predicted molar refractivity (Wildman–Crippen MR) is 102 cm³/mol. The summed E-state index contributed by atoms with van der Waals surface area (Å²) < 4.78 is 0. The Kier molecular flexibility index (Phi) is 4.35. The van der Waals surface area contributed by atoms with Crippen molar-refractivity contribution in [2.75, 3.05) is 29.0 Å². The average Bonchev–Trinajstić information content (AvgIpc) is 3.06. The molecule has 0 amide bonds. The summed E-state index contributed by atoms with van der Waals surface area (Å²) in [7, 11) is 0. The number of hydrogen-bond donors (Lipinski definition) is 3. The minimum Gasteiger partial charge on any atom is -0.399 e. The zero-order valence-corrected chi connectivity index (χ0v) is 14.7. The number of aryl methyl sites for hydroxylation is 1. The molecule has 1 aromatic carbocycles. The van der Waals surface area contributed by atoms with Crippen LogP contribution in [0.1, 0.15) is 36.1 Å². The highest BCUT2D eigenvalue weighted by Gasteiger charge is 2.26. The van der Waals surface area contributed by atoms with Crippen LogP contribution in [0.25, 0.3) is 0 Å². The maximum absolute atomic E-state index is 9.14. The van der Waals surface area contributed by atoms with E-state index in [4.69, 9.17) is 26.7 Å². The number of nitrogens with one attached hydrogen (secondary N) is 1. The van der Waals surface area contributed by atoms with Crippen LogP contribution in [0.2, 0.25) is 0 Å². The summed E-state index contributed by atoms with van der Waals surface area (Å²) in [6.07, 6.45) is 5.31. The molecule has 4 rings (SSSR count). The van der Waals surface area contributed by atoms with Crippen LogP contribution in [0.15, 0.2) is 18.2 Å². The molecule has 134 valence electrons. The van der Waals surface area contributed by atoms with Crippen molar-refractivity contribution in [3.05, 3.63) is 35.0 Å². The standard InChI is InChI=1S/C19H23N7/c20-10-12-7-14(22)9-15(8-12)23-19-24-17-4-2-1-3-16(17)18(25-19)26-6-5-13(21)11-26/h7-9,13H,1-6,11,21-22H2,(H,23,24,25). The number of benzene rings is 1. The van der Waals surface area contributed by atoms with Gasteiger partial charge in [-0.3, -0.25) is 0 Å². The first-order chi connectivity index (χ1) is 12.6. The van der Waals surface area contributed by atoms with Crippen molar-refractivity contribution in [1.82, 2.24) is 9.97 Å². The zero-order valence-electron chi connectivity index (χ0n) is 14.7. The Morgan fingerprint density at radius 2 is 2.04 bits per heavy atom. The minimum atomic E-state index is 0.202. The molecule has 1 aromatic heterocycles. The zero-order chi connectivity index (χ0) is 18.1. The summed E-state index contributed by atoms with van der Waals surface area (Å²) >= 11 is 0. The molecule has 7 heteroatoms. The van der Waals surface area contributed by atoms with Crippen molar-refractivity contribution in [1.29, 1.82) is 5.26 Å². The van der Waals surface area contributed by atoms with Crippen LogP contribution in [0.4, 0.5) is 23.1 Å². The molecule has 1 saturated heterocycles. The van der Waals surface area contributed by atoms with Gasteiger partial charge in [-0.05, 0) is 50.3 Å². The number of hydrogen-bond acceptors (Lipinski definition) is 7. The Hall–Kier alpha value is -2.85. The van der Waals surface area contributed by atoms with E-state index in [1.807, 2.05) is 0 Å². The molecule has 0 spiro atoms. The highest BCUT2D eigenvalue weighted by Crippen LogP contribution is 2.31. The molecule has 1 aliphatic heterocycles. The lowest BCUT2D eigenvalue weighted by Crippen LogP contribution is -2.29. The van der Waals surface area contributed by atoms with Crippen LogP contribution >= 0.6 is 0 Å². The van der Waals surface area contributed by atoms with Crippen LogP contribution < -0.4 is 21.7 Å². The largest absolute Gasteiger partial charge is 0.399 e. The maximum Gasteiger partial charge on any atom is 0.229 e. The van der Waals surface area contributed by atoms with E-state index >= 15 is 0 Å². The van der Waals surface area contributed by atoms with Gasteiger partial charge in [0, 0.05) is 36.1 Å². The Morgan fingerprint density at radius 3 is 2.81 bits per heavy atom. The van der Waals surface area contributed by atoms with Gasteiger partial charge in [0.1, 0.15) is 5.82 Å². The highest BCUT2D eigenvalue weighted by atomic mass is 15.3. The number of fused-ring (bicyclic) bond motifs is 1. The molecule has 1 unspecified atom stereocenters. The summed E-state index contributed by atoms with van der Waals surface area (Å²) in [5, 5.41) is 12.4. The third-order valence-electron chi connectivity index (χ3n) is 5.03. The molecular weight excluding hydrogens is 326 g/mol. The second-order valence-electron chi connectivity index (χ2n) is 7.08. The summed E-state index contributed by atoms with van der Waals surface area (Å²) in [6, 6.07) is 7.51. The third-order valence-corrected chi connectivity index (χ3v) is 5.03. The number of nitrogen functional groups attached to an aromatic ring is 1. The third kappa shape index (κ3) is 3.28. The van der Waals surface area contributed by atoms with Gasteiger partial charge >= 0.3 is 0 Å². The first-order valence-corrected chi connectivity index (χ1v) is 9.10. The molecule has 5 N–H and O–H groups in total. The summed E-state index contributed by atoms with van der Waals surface area (Å²) in [4.78, 5) is 11.8. The highest BCUT2D eigenvalue weighted by molar-refractivity contribution is 5.65. The minimum absolute atomic E-state index is 0.202. The van der Waals surface area contributed by atoms with Crippen molar-refractivity contribution in [2.24, 2.45) is 5.73 Å². The van der Waals surface area contributed by atoms with E-state index in [9.17, 15) is 0 Å². The van der Waals surface area contributed by atoms with Crippen LogP contribution in [0.3, 0.4) is 0 Å². The number of aromatic nitrogens is 2. The lowest BCUT2D eigenvalue weighted by atomic mass is 9.96. The van der Waals surface area contributed by atoms with Gasteiger partial charge in [0.05, 0.1) is 17.3 Å². The average molecular weight is 349 g/mol. The molecule has 0 saturated carbocycles. The quantitative estimate of drug-likeness (QED) is 0.726. The Balaban J connectivity index is 1.70. The van der Waals surface area contributed by atoms with Crippen molar-refractivity contribution in [3.63, 3.8) is 0 Å². The number of nitriles is 1. The molecule has 1 aliphatic carbocycles. The lowest BCUT2D eigenvalue weighted by Gasteiger charge is -2.25. The second kappa shape index (κ2) is 6.81. The van der Waals surface area contributed by atoms with E-state index in [1.165, 1.54) is 12.0 Å². The monoisotopic (exact) mass is 349 g/mol. The fourth-order valence-electron chi connectivity index (χ4n) is 3.79. The summed E-state index contributed by atoms with van der Waals surface area (Å²) in [5.41, 5.74) is 16.1. The topological polar surface area (TPSA) is 117 Å². The molecule has 0 bridgehead atoms. The molecule has 2 aliphatic rings. The number of anilines is 4. The molecule has 2 aromatic rings. The molecule has 2 heterocycles. The first kappa shape index (κ1) is 16.6. The van der Waals surface area contributed by atoms with Gasteiger partial charge in [0.15, 0.2) is 0 Å². The van der Waals surface area contributed by atoms with Crippen LogP contribution in [0, 0.1) is 11.3 Å². The molecule has 1 atom stereocenters. The fourth-order valence-corrected chi connectivity index (χ4v) is 3.79. The van der Waals surface area contributed by atoms with E-state index in [1.54, 1.807) is 18.2 Å². The summed E-state index contributed by atoms with van der Waals surface area (Å²) in [6.45, 7) is 1.76. The van der Waals surface area contributed by atoms with Crippen LogP contribution in [-0.4, -0.2) is 29.1 Å². The Morgan fingerprint density at radius 1 is 1.19 bits per heavy atom. The van der Waals surface area contributed by atoms with E-state index in [-0.39, 0.29) is 6.04 Å². The van der Waals surface area contributed by atoms with E-state index in [0.29, 0.717) is 17.2 Å². The molecular formula is C19H23N7. The summed E-state index contributed by atoms with van der Waals surface area (Å²) in [5.74, 6) is 1.56. The molecule has 1 fully saturated rings. The number of rotatable bonds is 3. The molecule has 26 heavy (non-hydrogen) atoms. The number of nitrogens with zero attached hydrogens (tertiary/aromatic N) is 4. The maximum atomic E-state index is 9.14. The number of nitrogens with two attached hydrogens (primary N) is 2. The van der Waals surface area contributed by atoms with Gasteiger partial charge in [-0.25, -0.2) is 4.98 Å². The first-order valence-electron chi connectivity index (χ1n) is 9.10. The van der Waals surface area contributed by atoms with E-state index in [0.717, 1.165) is 56.0 Å².